The highest BCUT2D eigenvalue weighted by Gasteiger charge is 2.19. The Kier molecular flexibility index (Phi) is 7.15. The highest BCUT2D eigenvalue weighted by Crippen LogP contribution is 2.08. The molecule has 0 aliphatic rings. The van der Waals surface area contributed by atoms with Crippen molar-refractivity contribution in [3.63, 3.8) is 0 Å². The number of aliphatic hydroxyl groups excluding tert-OH is 1. The lowest BCUT2D eigenvalue weighted by Gasteiger charge is -2.25. The van der Waals surface area contributed by atoms with E-state index in [9.17, 15) is 4.79 Å². The van der Waals surface area contributed by atoms with E-state index in [1.165, 1.54) is 0 Å². The molecule has 0 radical (unpaired) electrons. The number of rotatable bonds is 8. The van der Waals surface area contributed by atoms with Gasteiger partial charge in [0.25, 0.3) is 0 Å². The molecule has 0 aromatic heterocycles. The van der Waals surface area contributed by atoms with Gasteiger partial charge in [-0.25, -0.2) is 0 Å². The molecule has 1 aromatic carbocycles. The highest BCUT2D eigenvalue weighted by atomic mass is 16.3. The molecule has 0 aliphatic carbocycles. The van der Waals surface area contributed by atoms with Crippen LogP contribution in [0, 0.1) is 5.92 Å². The number of aliphatic hydroxyl groups is 1. The van der Waals surface area contributed by atoms with E-state index in [1.54, 1.807) is 4.90 Å². The molecule has 0 saturated heterocycles. The first-order chi connectivity index (χ1) is 9.19. The molecule has 4 nitrogen and oxygen atoms in total. The fourth-order valence-corrected chi connectivity index (χ4v) is 1.95. The molecule has 1 amide bonds. The Bertz CT molecular complexity index is 368. The first-order valence-electron chi connectivity index (χ1n) is 6.83. The molecule has 1 aromatic rings. The van der Waals surface area contributed by atoms with Crippen molar-refractivity contribution in [1.82, 2.24) is 10.2 Å². The van der Waals surface area contributed by atoms with Crippen molar-refractivity contribution in [1.29, 1.82) is 0 Å². The molecule has 0 bridgehead atoms. The van der Waals surface area contributed by atoms with Crippen molar-refractivity contribution < 1.29 is 9.90 Å². The van der Waals surface area contributed by atoms with E-state index in [0.717, 1.165) is 12.1 Å². The van der Waals surface area contributed by atoms with Gasteiger partial charge < -0.3 is 15.3 Å². The monoisotopic (exact) mass is 264 g/mol. The summed E-state index contributed by atoms with van der Waals surface area (Å²) in [6.07, 6.45) is 0. The Balaban J connectivity index is 2.63. The van der Waals surface area contributed by atoms with Crippen LogP contribution in [-0.2, 0) is 11.3 Å². The third-order valence-electron chi connectivity index (χ3n) is 3.02. The summed E-state index contributed by atoms with van der Waals surface area (Å²) in [6, 6.07) is 9.85. The second kappa shape index (κ2) is 8.67. The average molecular weight is 264 g/mol. The van der Waals surface area contributed by atoms with Crippen LogP contribution < -0.4 is 5.32 Å². The maximum absolute atomic E-state index is 12.3. The van der Waals surface area contributed by atoms with Gasteiger partial charge >= 0.3 is 0 Å². The number of nitrogens with one attached hydrogen (secondary N) is 1. The Hall–Kier alpha value is -1.39. The van der Waals surface area contributed by atoms with Crippen molar-refractivity contribution in [2.75, 3.05) is 26.2 Å². The Labute approximate surface area is 115 Å². The van der Waals surface area contributed by atoms with Crippen LogP contribution in [0.1, 0.15) is 19.4 Å². The molecule has 19 heavy (non-hydrogen) atoms. The van der Waals surface area contributed by atoms with E-state index < -0.39 is 0 Å². The third-order valence-corrected chi connectivity index (χ3v) is 3.02. The number of carbonyl (C=O) groups is 1. The van der Waals surface area contributed by atoms with Gasteiger partial charge in [0.15, 0.2) is 0 Å². The Morgan fingerprint density at radius 1 is 1.37 bits per heavy atom. The zero-order valence-electron chi connectivity index (χ0n) is 11.8. The van der Waals surface area contributed by atoms with Crippen LogP contribution in [0.15, 0.2) is 30.3 Å². The van der Waals surface area contributed by atoms with Gasteiger partial charge in [0, 0.05) is 25.6 Å². The van der Waals surface area contributed by atoms with Gasteiger partial charge in [-0.3, -0.25) is 4.79 Å². The largest absolute Gasteiger partial charge is 0.395 e. The molecule has 2 N–H and O–H groups in total. The molecule has 4 heteroatoms. The average Bonchev–Trinajstić information content (AvgIpc) is 2.44. The van der Waals surface area contributed by atoms with E-state index in [-0.39, 0.29) is 18.4 Å². The SMILES string of the molecule is CCNCC(C)C(=O)N(CCO)Cc1ccccc1. The fourth-order valence-electron chi connectivity index (χ4n) is 1.95. The van der Waals surface area contributed by atoms with Gasteiger partial charge in [0.2, 0.25) is 5.91 Å². The summed E-state index contributed by atoms with van der Waals surface area (Å²) < 4.78 is 0. The molecule has 1 unspecified atom stereocenters. The van der Waals surface area contributed by atoms with E-state index in [4.69, 9.17) is 5.11 Å². The van der Waals surface area contributed by atoms with Gasteiger partial charge in [-0.2, -0.15) is 0 Å². The van der Waals surface area contributed by atoms with Crippen LogP contribution in [-0.4, -0.2) is 42.2 Å². The van der Waals surface area contributed by atoms with Crippen molar-refractivity contribution >= 4 is 5.91 Å². The molecule has 0 heterocycles. The van der Waals surface area contributed by atoms with Gasteiger partial charge in [0.05, 0.1) is 6.61 Å². The number of amides is 1. The quantitative estimate of drug-likeness (QED) is 0.743. The van der Waals surface area contributed by atoms with Crippen LogP contribution in [0.25, 0.3) is 0 Å². The van der Waals surface area contributed by atoms with E-state index >= 15 is 0 Å². The Morgan fingerprint density at radius 2 is 2.05 bits per heavy atom. The smallest absolute Gasteiger partial charge is 0.227 e. The van der Waals surface area contributed by atoms with Crippen LogP contribution in [0.5, 0.6) is 0 Å². The normalized spacial score (nSPS) is 12.2. The minimum absolute atomic E-state index is 0.00744. The van der Waals surface area contributed by atoms with Crippen LogP contribution >= 0.6 is 0 Å². The minimum Gasteiger partial charge on any atom is -0.395 e. The summed E-state index contributed by atoms with van der Waals surface area (Å²) in [5.74, 6) is 0.00839. The maximum atomic E-state index is 12.3. The first kappa shape index (κ1) is 15.7. The molecule has 0 spiro atoms. The lowest BCUT2D eigenvalue weighted by atomic mass is 10.1. The van der Waals surface area contributed by atoms with Gasteiger partial charge in [-0.05, 0) is 12.1 Å². The molecule has 1 rings (SSSR count). The Morgan fingerprint density at radius 3 is 2.63 bits per heavy atom. The fraction of sp³-hybridized carbons (Fsp3) is 0.533. The lowest BCUT2D eigenvalue weighted by Crippen LogP contribution is -2.40. The second-order valence-electron chi connectivity index (χ2n) is 4.68. The number of hydrogen-bond donors (Lipinski definition) is 2. The summed E-state index contributed by atoms with van der Waals surface area (Å²) in [5.41, 5.74) is 1.08. The van der Waals surface area contributed by atoms with Crippen molar-refractivity contribution in [2.45, 2.75) is 20.4 Å². The molecule has 0 saturated carbocycles. The second-order valence-corrected chi connectivity index (χ2v) is 4.68. The van der Waals surface area contributed by atoms with Crippen molar-refractivity contribution in [3.8, 4) is 0 Å². The van der Waals surface area contributed by atoms with Crippen molar-refractivity contribution in [3.05, 3.63) is 35.9 Å². The maximum Gasteiger partial charge on any atom is 0.227 e. The highest BCUT2D eigenvalue weighted by molar-refractivity contribution is 5.78. The molecular weight excluding hydrogens is 240 g/mol. The summed E-state index contributed by atoms with van der Waals surface area (Å²) in [4.78, 5) is 14.0. The van der Waals surface area contributed by atoms with Gasteiger partial charge in [-0.1, -0.05) is 44.2 Å². The van der Waals surface area contributed by atoms with Gasteiger partial charge in [-0.15, -0.1) is 0 Å². The topological polar surface area (TPSA) is 52.6 Å². The first-order valence-corrected chi connectivity index (χ1v) is 6.83. The zero-order chi connectivity index (χ0) is 14.1. The van der Waals surface area contributed by atoms with Crippen molar-refractivity contribution in [2.24, 2.45) is 5.92 Å². The molecular formula is C15H24N2O2. The summed E-state index contributed by atoms with van der Waals surface area (Å²) in [6.45, 7) is 6.39. The number of nitrogens with zero attached hydrogens (tertiary/aromatic N) is 1. The van der Waals surface area contributed by atoms with E-state index in [2.05, 4.69) is 5.32 Å². The summed E-state index contributed by atoms with van der Waals surface area (Å²) >= 11 is 0. The van der Waals surface area contributed by atoms with E-state index in [1.807, 2.05) is 44.2 Å². The standard InChI is InChI=1S/C15H24N2O2/c1-3-16-11-13(2)15(19)17(9-10-18)12-14-7-5-4-6-8-14/h4-8,13,16,18H,3,9-12H2,1-2H3. The number of hydrogen-bond acceptors (Lipinski definition) is 3. The van der Waals surface area contributed by atoms with Crippen LogP contribution in [0.3, 0.4) is 0 Å². The minimum atomic E-state index is -0.0739. The number of carbonyl (C=O) groups excluding carboxylic acids is 1. The molecule has 0 fully saturated rings. The molecule has 0 aliphatic heterocycles. The summed E-state index contributed by atoms with van der Waals surface area (Å²) in [7, 11) is 0. The predicted molar refractivity (Wildman–Crippen MR) is 76.7 cm³/mol. The predicted octanol–water partition coefficient (Wildman–Crippen LogP) is 1.25. The van der Waals surface area contributed by atoms with Crippen LogP contribution in [0.4, 0.5) is 0 Å². The third kappa shape index (κ3) is 5.41. The summed E-state index contributed by atoms with van der Waals surface area (Å²) in [5, 5.41) is 12.3. The van der Waals surface area contributed by atoms with Gasteiger partial charge in [0.1, 0.15) is 0 Å². The molecule has 1 atom stereocenters. The number of benzene rings is 1. The molecule has 106 valence electrons. The zero-order valence-corrected chi connectivity index (χ0v) is 11.8. The van der Waals surface area contributed by atoms with Crippen LogP contribution in [0.2, 0.25) is 0 Å². The van der Waals surface area contributed by atoms with E-state index in [0.29, 0.717) is 19.6 Å². The lowest BCUT2D eigenvalue weighted by molar-refractivity contribution is -0.136.